The quantitative estimate of drug-likeness (QED) is 0.294. The normalized spacial score (nSPS) is 10.5. The zero-order valence-electron chi connectivity index (χ0n) is 17.7. The minimum Gasteiger partial charge on any atom is -0.459 e. The van der Waals surface area contributed by atoms with Crippen LogP contribution in [-0.2, 0) is 0 Å². The minimum absolute atomic E-state index is 0.121. The number of rotatable bonds is 18. The van der Waals surface area contributed by atoms with Crippen molar-refractivity contribution >= 4 is 0 Å². The topological polar surface area (TPSA) is 66.4 Å². The van der Waals surface area contributed by atoms with Crippen molar-refractivity contribution in [1.29, 1.82) is 0 Å². The van der Waals surface area contributed by atoms with Gasteiger partial charge < -0.3 is 14.2 Å². The van der Waals surface area contributed by atoms with E-state index in [2.05, 4.69) is 54.4 Å². The van der Waals surface area contributed by atoms with E-state index < -0.39 is 0 Å². The number of aromatic nitrogens is 3. The van der Waals surface area contributed by atoms with Gasteiger partial charge in [0.15, 0.2) is 0 Å². The summed E-state index contributed by atoms with van der Waals surface area (Å²) in [5, 5.41) is 0. The third kappa shape index (κ3) is 9.37. The Balaban J connectivity index is 3.19. The first-order chi connectivity index (χ1) is 14.6. The molecule has 0 aliphatic carbocycles. The highest BCUT2D eigenvalue weighted by atomic mass is 16.5. The van der Waals surface area contributed by atoms with E-state index in [-0.39, 0.29) is 36.3 Å². The summed E-state index contributed by atoms with van der Waals surface area (Å²) in [5.74, 6) is 0. The van der Waals surface area contributed by atoms with Gasteiger partial charge in [-0.15, -0.1) is 54.4 Å². The maximum Gasteiger partial charge on any atom is 0.326 e. The van der Waals surface area contributed by atoms with Crippen molar-refractivity contribution in [3.63, 3.8) is 0 Å². The molecule has 0 saturated carbocycles. The maximum atomic E-state index is 5.93. The first kappa shape index (κ1) is 24.9. The molecule has 0 saturated heterocycles. The molecule has 0 aromatic carbocycles. The number of nitrogens with zero attached hydrogens (tertiary/aromatic N) is 3. The third-order valence-corrected chi connectivity index (χ3v) is 3.97. The van der Waals surface area contributed by atoms with E-state index in [0.29, 0.717) is 38.5 Å². The number of ether oxygens (including phenoxy) is 3. The van der Waals surface area contributed by atoms with Gasteiger partial charge in [0.2, 0.25) is 0 Å². The summed E-state index contributed by atoms with van der Waals surface area (Å²) in [5.41, 5.74) is 0. The van der Waals surface area contributed by atoms with E-state index in [0.717, 1.165) is 0 Å². The summed E-state index contributed by atoms with van der Waals surface area (Å²) in [4.78, 5) is 13.0. The molecule has 0 N–H and O–H groups in total. The molecule has 0 amide bonds. The standard InChI is InChI=1S/C24H33N3O3/c1-7-13-19(14-8-2)28-22-25-23(29-20(15-9-3)16-10-4)27-24(26-22)30-21(17-11-5)18-12-6/h7-12,19-21H,1-6,13-18H2. The third-order valence-electron chi connectivity index (χ3n) is 3.97. The van der Waals surface area contributed by atoms with Gasteiger partial charge in [-0.2, -0.15) is 0 Å². The lowest BCUT2D eigenvalue weighted by molar-refractivity contribution is 0.147. The van der Waals surface area contributed by atoms with Crippen LogP contribution >= 0.6 is 0 Å². The molecule has 0 aliphatic rings. The van der Waals surface area contributed by atoms with Gasteiger partial charge in [0.05, 0.1) is 0 Å². The van der Waals surface area contributed by atoms with Crippen molar-refractivity contribution in [2.24, 2.45) is 0 Å². The van der Waals surface area contributed by atoms with Crippen molar-refractivity contribution in [3.05, 3.63) is 75.9 Å². The number of hydrogen-bond acceptors (Lipinski definition) is 6. The predicted molar refractivity (Wildman–Crippen MR) is 122 cm³/mol. The summed E-state index contributed by atoms with van der Waals surface area (Å²) >= 11 is 0. The van der Waals surface area contributed by atoms with Crippen LogP contribution in [0.15, 0.2) is 75.9 Å². The Bertz CT molecular complexity index is 580. The lowest BCUT2D eigenvalue weighted by atomic mass is 10.2. The summed E-state index contributed by atoms with van der Waals surface area (Å²) in [6.07, 6.45) is 13.8. The van der Waals surface area contributed by atoms with Gasteiger partial charge in [-0.05, 0) is 0 Å². The summed E-state index contributed by atoms with van der Waals surface area (Å²) in [6.45, 7) is 22.6. The Kier molecular flexibility index (Phi) is 12.3. The highest BCUT2D eigenvalue weighted by molar-refractivity contribution is 5.11. The second kappa shape index (κ2) is 14.8. The lowest BCUT2D eigenvalue weighted by Crippen LogP contribution is -2.21. The van der Waals surface area contributed by atoms with Gasteiger partial charge in [-0.3, -0.25) is 0 Å². The predicted octanol–water partition coefficient (Wildman–Crippen LogP) is 5.57. The number of hydrogen-bond donors (Lipinski definition) is 0. The molecular formula is C24H33N3O3. The van der Waals surface area contributed by atoms with Crippen LogP contribution in [0, 0.1) is 0 Å². The fourth-order valence-corrected chi connectivity index (χ4v) is 2.62. The average Bonchev–Trinajstić information content (AvgIpc) is 2.69. The second-order valence-corrected chi connectivity index (χ2v) is 6.55. The molecule has 1 heterocycles. The van der Waals surface area contributed by atoms with Gasteiger partial charge in [0.25, 0.3) is 0 Å². The van der Waals surface area contributed by atoms with Crippen molar-refractivity contribution in [2.75, 3.05) is 0 Å². The average molecular weight is 412 g/mol. The molecule has 0 spiro atoms. The minimum atomic E-state index is -0.197. The molecule has 162 valence electrons. The zero-order chi connectivity index (χ0) is 22.2. The van der Waals surface area contributed by atoms with Crippen LogP contribution in [0.1, 0.15) is 38.5 Å². The monoisotopic (exact) mass is 411 g/mol. The van der Waals surface area contributed by atoms with Crippen LogP contribution in [-0.4, -0.2) is 33.3 Å². The first-order valence-electron chi connectivity index (χ1n) is 10.0. The largest absolute Gasteiger partial charge is 0.459 e. The fraction of sp³-hybridized carbons (Fsp3) is 0.375. The summed E-state index contributed by atoms with van der Waals surface area (Å²) < 4.78 is 17.8. The Morgan fingerprint density at radius 1 is 0.467 bits per heavy atom. The van der Waals surface area contributed by atoms with E-state index in [9.17, 15) is 0 Å². The maximum absolute atomic E-state index is 5.93. The summed E-state index contributed by atoms with van der Waals surface area (Å²) in [7, 11) is 0. The van der Waals surface area contributed by atoms with E-state index in [1.54, 1.807) is 36.5 Å². The van der Waals surface area contributed by atoms with Crippen molar-refractivity contribution < 1.29 is 14.2 Å². The molecule has 0 atom stereocenters. The first-order valence-corrected chi connectivity index (χ1v) is 10.0. The van der Waals surface area contributed by atoms with Crippen LogP contribution < -0.4 is 14.2 Å². The van der Waals surface area contributed by atoms with Crippen LogP contribution in [0.5, 0.6) is 18.0 Å². The van der Waals surface area contributed by atoms with Gasteiger partial charge in [0.1, 0.15) is 18.3 Å². The molecule has 0 radical (unpaired) electrons. The van der Waals surface area contributed by atoms with Gasteiger partial charge in [-0.1, -0.05) is 36.5 Å². The van der Waals surface area contributed by atoms with E-state index in [1.165, 1.54) is 0 Å². The lowest BCUT2D eigenvalue weighted by Gasteiger charge is -2.19. The van der Waals surface area contributed by atoms with Crippen LogP contribution in [0.2, 0.25) is 0 Å². The zero-order valence-corrected chi connectivity index (χ0v) is 17.7. The Morgan fingerprint density at radius 3 is 0.833 bits per heavy atom. The molecule has 1 aromatic rings. The molecule has 1 aromatic heterocycles. The van der Waals surface area contributed by atoms with Crippen molar-refractivity contribution in [2.45, 2.75) is 56.8 Å². The van der Waals surface area contributed by atoms with E-state index in [1.807, 2.05) is 0 Å². The summed E-state index contributed by atoms with van der Waals surface area (Å²) in [6, 6.07) is 0.363. The molecule has 0 aliphatic heterocycles. The molecule has 0 bridgehead atoms. The Morgan fingerprint density at radius 2 is 0.667 bits per heavy atom. The van der Waals surface area contributed by atoms with Crippen molar-refractivity contribution in [3.8, 4) is 18.0 Å². The van der Waals surface area contributed by atoms with E-state index in [4.69, 9.17) is 14.2 Å². The van der Waals surface area contributed by atoms with Crippen molar-refractivity contribution in [1.82, 2.24) is 15.0 Å². The highest BCUT2D eigenvalue weighted by Crippen LogP contribution is 2.21. The smallest absolute Gasteiger partial charge is 0.326 e. The Labute approximate surface area is 180 Å². The fourth-order valence-electron chi connectivity index (χ4n) is 2.62. The second-order valence-electron chi connectivity index (χ2n) is 6.55. The molecule has 6 heteroatoms. The van der Waals surface area contributed by atoms with Crippen LogP contribution in [0.25, 0.3) is 0 Å². The van der Waals surface area contributed by atoms with Crippen LogP contribution in [0.3, 0.4) is 0 Å². The van der Waals surface area contributed by atoms with Gasteiger partial charge in [0, 0.05) is 38.5 Å². The molecular weight excluding hydrogens is 378 g/mol. The molecule has 0 unspecified atom stereocenters. The van der Waals surface area contributed by atoms with Gasteiger partial charge >= 0.3 is 18.0 Å². The SMILES string of the molecule is C=CCC(CC=C)Oc1nc(OC(CC=C)CC=C)nc(OC(CC=C)CC=C)n1. The van der Waals surface area contributed by atoms with E-state index >= 15 is 0 Å². The molecule has 1 rings (SSSR count). The molecule has 30 heavy (non-hydrogen) atoms. The highest BCUT2D eigenvalue weighted by Gasteiger charge is 2.18. The Hall–Kier alpha value is -3.15. The molecule has 0 fully saturated rings. The molecule has 6 nitrogen and oxygen atoms in total. The van der Waals surface area contributed by atoms with Crippen LogP contribution in [0.4, 0.5) is 0 Å². The van der Waals surface area contributed by atoms with Gasteiger partial charge in [-0.25, -0.2) is 0 Å².